The van der Waals surface area contributed by atoms with E-state index in [1.54, 1.807) is 0 Å². The molecule has 2 nitrogen and oxygen atoms in total. The van der Waals surface area contributed by atoms with Crippen LogP contribution in [0.1, 0.15) is 32.6 Å². The van der Waals surface area contributed by atoms with Gasteiger partial charge in [0.15, 0.2) is 0 Å². The molecule has 74 valence electrons. The van der Waals surface area contributed by atoms with Crippen molar-refractivity contribution >= 4 is 5.91 Å². The molecule has 0 radical (unpaired) electrons. The number of rotatable bonds is 1. The van der Waals surface area contributed by atoms with E-state index in [0.29, 0.717) is 0 Å². The third-order valence-corrected chi connectivity index (χ3v) is 2.75. The Morgan fingerprint density at radius 2 is 2.15 bits per heavy atom. The first kappa shape index (κ1) is 10.3. The lowest BCUT2D eigenvalue weighted by Gasteiger charge is -2.26. The van der Waals surface area contributed by atoms with E-state index in [9.17, 15) is 4.79 Å². The maximum Gasteiger partial charge on any atom is 0.245 e. The molecule has 1 amide bonds. The van der Waals surface area contributed by atoms with E-state index in [-0.39, 0.29) is 5.91 Å². The van der Waals surface area contributed by atoms with Gasteiger partial charge >= 0.3 is 0 Å². The van der Waals surface area contributed by atoms with Crippen LogP contribution in [0, 0.1) is 5.92 Å². The molecule has 2 heteroatoms. The summed E-state index contributed by atoms with van der Waals surface area (Å²) in [6.07, 6.45) is 6.27. The summed E-state index contributed by atoms with van der Waals surface area (Å²) in [5.41, 5.74) is 0. The summed E-state index contributed by atoms with van der Waals surface area (Å²) in [4.78, 5) is 13.3. The van der Waals surface area contributed by atoms with Crippen LogP contribution in [0.15, 0.2) is 12.7 Å². The zero-order valence-corrected chi connectivity index (χ0v) is 8.46. The Morgan fingerprint density at radius 1 is 1.38 bits per heavy atom. The van der Waals surface area contributed by atoms with Gasteiger partial charge in [0.2, 0.25) is 5.91 Å². The summed E-state index contributed by atoms with van der Waals surface area (Å²) in [5.74, 6) is 0.856. The number of hydrogen-bond donors (Lipinski definition) is 0. The third-order valence-electron chi connectivity index (χ3n) is 2.75. The van der Waals surface area contributed by atoms with E-state index < -0.39 is 0 Å². The number of likely N-dealkylation sites (tertiary alicyclic amines) is 1. The highest BCUT2D eigenvalue weighted by atomic mass is 16.2. The van der Waals surface area contributed by atoms with Gasteiger partial charge in [0.05, 0.1) is 0 Å². The standard InChI is InChI=1S/C11H19NO/c1-3-11(13)12-8-5-4-6-10(2)7-9-12/h3,10H,1,4-9H2,2H3. The Kier molecular flexibility index (Phi) is 4.00. The van der Waals surface area contributed by atoms with Crippen LogP contribution in [0.4, 0.5) is 0 Å². The Balaban J connectivity index is 2.45. The van der Waals surface area contributed by atoms with Crippen molar-refractivity contribution in [3.63, 3.8) is 0 Å². The first-order valence-corrected chi connectivity index (χ1v) is 5.15. The molecule has 1 unspecified atom stereocenters. The maximum atomic E-state index is 11.3. The van der Waals surface area contributed by atoms with Crippen molar-refractivity contribution in [3.05, 3.63) is 12.7 Å². The summed E-state index contributed by atoms with van der Waals surface area (Å²) in [6.45, 7) is 7.61. The maximum absolute atomic E-state index is 11.3. The van der Waals surface area contributed by atoms with Gasteiger partial charge in [-0.15, -0.1) is 0 Å². The number of carbonyl (C=O) groups excluding carboxylic acids is 1. The van der Waals surface area contributed by atoms with Crippen LogP contribution in [0.5, 0.6) is 0 Å². The molecule has 0 aliphatic carbocycles. The molecule has 1 saturated heterocycles. The Labute approximate surface area is 80.6 Å². The molecule has 13 heavy (non-hydrogen) atoms. The minimum Gasteiger partial charge on any atom is -0.339 e. The fourth-order valence-corrected chi connectivity index (χ4v) is 1.78. The molecule has 1 fully saturated rings. The molecular weight excluding hydrogens is 162 g/mol. The molecule has 0 aromatic heterocycles. The third kappa shape index (κ3) is 3.21. The van der Waals surface area contributed by atoms with Crippen LogP contribution in [0.3, 0.4) is 0 Å². The van der Waals surface area contributed by atoms with Crippen molar-refractivity contribution < 1.29 is 4.79 Å². The van der Waals surface area contributed by atoms with Crippen molar-refractivity contribution in [2.75, 3.05) is 13.1 Å². The van der Waals surface area contributed by atoms with Gasteiger partial charge < -0.3 is 4.90 Å². The van der Waals surface area contributed by atoms with Gasteiger partial charge in [-0.1, -0.05) is 26.3 Å². The molecule has 1 aliphatic heterocycles. The fourth-order valence-electron chi connectivity index (χ4n) is 1.78. The first-order chi connectivity index (χ1) is 6.24. The molecule has 1 aliphatic rings. The molecule has 0 spiro atoms. The molecule has 0 bridgehead atoms. The molecule has 1 rings (SSSR count). The predicted octanol–water partition coefficient (Wildman–Crippen LogP) is 2.21. The van der Waals surface area contributed by atoms with E-state index >= 15 is 0 Å². The van der Waals surface area contributed by atoms with E-state index in [1.165, 1.54) is 18.9 Å². The van der Waals surface area contributed by atoms with E-state index in [1.807, 2.05) is 4.90 Å². The topological polar surface area (TPSA) is 20.3 Å². The quantitative estimate of drug-likeness (QED) is 0.568. The van der Waals surface area contributed by atoms with Crippen molar-refractivity contribution in [1.29, 1.82) is 0 Å². The van der Waals surface area contributed by atoms with Crippen LogP contribution in [-0.2, 0) is 4.79 Å². The lowest BCUT2D eigenvalue weighted by atomic mass is 9.98. The minimum absolute atomic E-state index is 0.0918. The van der Waals surface area contributed by atoms with Crippen LogP contribution in [0.2, 0.25) is 0 Å². The van der Waals surface area contributed by atoms with Crippen molar-refractivity contribution in [2.24, 2.45) is 5.92 Å². The van der Waals surface area contributed by atoms with Crippen LogP contribution < -0.4 is 0 Å². The molecule has 1 heterocycles. The minimum atomic E-state index is 0.0918. The summed E-state index contributed by atoms with van der Waals surface area (Å²) < 4.78 is 0. The van der Waals surface area contributed by atoms with E-state index in [4.69, 9.17) is 0 Å². The van der Waals surface area contributed by atoms with E-state index in [0.717, 1.165) is 31.8 Å². The number of amides is 1. The molecule has 0 aromatic carbocycles. The lowest BCUT2D eigenvalue weighted by molar-refractivity contribution is -0.126. The Bertz CT molecular complexity index is 189. The van der Waals surface area contributed by atoms with Crippen molar-refractivity contribution in [1.82, 2.24) is 4.90 Å². The molecule has 1 atom stereocenters. The monoisotopic (exact) mass is 181 g/mol. The van der Waals surface area contributed by atoms with Crippen molar-refractivity contribution in [3.8, 4) is 0 Å². The number of carbonyl (C=O) groups is 1. The lowest BCUT2D eigenvalue weighted by Crippen LogP contribution is -2.33. The van der Waals surface area contributed by atoms with E-state index in [2.05, 4.69) is 13.5 Å². The fraction of sp³-hybridized carbons (Fsp3) is 0.727. The number of hydrogen-bond acceptors (Lipinski definition) is 1. The molecule has 0 saturated carbocycles. The van der Waals surface area contributed by atoms with Gasteiger partial charge in [-0.25, -0.2) is 0 Å². The van der Waals surface area contributed by atoms with Crippen LogP contribution >= 0.6 is 0 Å². The second-order valence-corrected chi connectivity index (χ2v) is 3.92. The second-order valence-electron chi connectivity index (χ2n) is 3.92. The summed E-state index contributed by atoms with van der Waals surface area (Å²) >= 11 is 0. The molecular formula is C11H19NO. The second kappa shape index (κ2) is 5.05. The highest BCUT2D eigenvalue weighted by Gasteiger charge is 2.14. The van der Waals surface area contributed by atoms with Gasteiger partial charge in [0.25, 0.3) is 0 Å². The van der Waals surface area contributed by atoms with Crippen LogP contribution in [-0.4, -0.2) is 23.9 Å². The highest BCUT2D eigenvalue weighted by molar-refractivity contribution is 5.86. The highest BCUT2D eigenvalue weighted by Crippen LogP contribution is 2.16. The van der Waals surface area contributed by atoms with Crippen LogP contribution in [0.25, 0.3) is 0 Å². The average molecular weight is 181 g/mol. The zero-order valence-electron chi connectivity index (χ0n) is 8.46. The van der Waals surface area contributed by atoms with Gasteiger partial charge in [-0.05, 0) is 24.8 Å². The smallest absolute Gasteiger partial charge is 0.245 e. The van der Waals surface area contributed by atoms with Gasteiger partial charge in [-0.3, -0.25) is 4.79 Å². The predicted molar refractivity (Wildman–Crippen MR) is 54.4 cm³/mol. The van der Waals surface area contributed by atoms with Gasteiger partial charge in [0, 0.05) is 13.1 Å². The van der Waals surface area contributed by atoms with Gasteiger partial charge in [-0.2, -0.15) is 0 Å². The molecule has 0 aromatic rings. The average Bonchev–Trinajstić information content (AvgIpc) is 2.11. The summed E-state index contributed by atoms with van der Waals surface area (Å²) in [6, 6.07) is 0. The first-order valence-electron chi connectivity index (χ1n) is 5.15. The Hall–Kier alpha value is -0.790. The zero-order chi connectivity index (χ0) is 9.68. The van der Waals surface area contributed by atoms with Gasteiger partial charge in [0.1, 0.15) is 0 Å². The normalized spacial score (nSPS) is 24.7. The summed E-state index contributed by atoms with van der Waals surface area (Å²) in [7, 11) is 0. The Morgan fingerprint density at radius 3 is 2.85 bits per heavy atom. The summed E-state index contributed by atoms with van der Waals surface area (Å²) in [5, 5.41) is 0. The molecule has 0 N–H and O–H groups in total. The SMILES string of the molecule is C=CC(=O)N1CCCCC(C)CC1. The largest absolute Gasteiger partial charge is 0.339 e. The van der Waals surface area contributed by atoms with Crippen molar-refractivity contribution in [2.45, 2.75) is 32.6 Å². The number of nitrogens with zero attached hydrogens (tertiary/aromatic N) is 1.